The molecule has 0 aliphatic carbocycles. The van der Waals surface area contributed by atoms with Crippen molar-refractivity contribution in [3.05, 3.63) is 41.0 Å². The zero-order valence-electron chi connectivity index (χ0n) is 13.9. The number of hydrogen-bond acceptors (Lipinski definition) is 3. The minimum Gasteiger partial charge on any atom is -0.381 e. The number of likely N-dealkylation sites (N-methyl/N-ethyl adjacent to an activating group) is 1. The molecule has 0 aromatic heterocycles. The van der Waals surface area contributed by atoms with Gasteiger partial charge in [0, 0.05) is 25.8 Å². The van der Waals surface area contributed by atoms with E-state index >= 15 is 0 Å². The average Bonchev–Trinajstić information content (AvgIpc) is 2.61. The number of amides is 1. The molecule has 2 rings (SSSR count). The Hall–Kier alpha value is -2.12. The maximum absolute atomic E-state index is 12.8. The highest BCUT2D eigenvalue weighted by Crippen LogP contribution is 2.18. The second-order valence-corrected chi connectivity index (χ2v) is 5.70. The number of ether oxygens (including phenoxy) is 1. The Labute approximate surface area is 138 Å². The van der Waals surface area contributed by atoms with Crippen LogP contribution < -0.4 is 0 Å². The summed E-state index contributed by atoms with van der Waals surface area (Å²) < 4.78 is 5.36. The van der Waals surface area contributed by atoms with Crippen molar-refractivity contribution in [2.75, 3.05) is 19.8 Å². The summed E-state index contributed by atoms with van der Waals surface area (Å²) in [4.78, 5) is 14.6. The van der Waals surface area contributed by atoms with Gasteiger partial charge in [-0.1, -0.05) is 31.2 Å². The van der Waals surface area contributed by atoms with Crippen LogP contribution in [0.25, 0.3) is 6.08 Å². The molecule has 0 saturated carbocycles. The molecule has 1 heterocycles. The van der Waals surface area contributed by atoms with Crippen LogP contribution in [0.5, 0.6) is 0 Å². The van der Waals surface area contributed by atoms with E-state index in [0.29, 0.717) is 19.8 Å². The van der Waals surface area contributed by atoms with E-state index in [9.17, 15) is 10.1 Å². The number of aryl methyl sites for hydroxylation is 1. The van der Waals surface area contributed by atoms with Crippen LogP contribution in [0.4, 0.5) is 0 Å². The Morgan fingerprint density at radius 1 is 1.39 bits per heavy atom. The summed E-state index contributed by atoms with van der Waals surface area (Å²) >= 11 is 0. The third-order valence-corrected chi connectivity index (χ3v) is 4.25. The summed E-state index contributed by atoms with van der Waals surface area (Å²) in [6, 6.07) is 10.2. The van der Waals surface area contributed by atoms with E-state index in [1.807, 2.05) is 31.2 Å². The third-order valence-electron chi connectivity index (χ3n) is 4.25. The van der Waals surface area contributed by atoms with Crippen molar-refractivity contribution in [3.63, 3.8) is 0 Å². The highest BCUT2D eigenvalue weighted by Gasteiger charge is 2.26. The van der Waals surface area contributed by atoms with Gasteiger partial charge in [-0.2, -0.15) is 5.26 Å². The molecule has 1 aromatic carbocycles. The molecule has 23 heavy (non-hydrogen) atoms. The fourth-order valence-electron chi connectivity index (χ4n) is 2.93. The van der Waals surface area contributed by atoms with E-state index < -0.39 is 0 Å². The number of hydrogen-bond donors (Lipinski definition) is 0. The lowest BCUT2D eigenvalue weighted by atomic mass is 10.0. The van der Waals surface area contributed by atoms with Gasteiger partial charge in [0.05, 0.1) is 0 Å². The van der Waals surface area contributed by atoms with Gasteiger partial charge in [-0.3, -0.25) is 4.79 Å². The number of benzene rings is 1. The zero-order valence-corrected chi connectivity index (χ0v) is 13.9. The van der Waals surface area contributed by atoms with Crippen molar-refractivity contribution in [1.82, 2.24) is 4.90 Å². The fraction of sp³-hybridized carbons (Fsp3) is 0.474. The Morgan fingerprint density at radius 3 is 2.74 bits per heavy atom. The van der Waals surface area contributed by atoms with Crippen LogP contribution in [-0.4, -0.2) is 36.6 Å². The van der Waals surface area contributed by atoms with Crippen LogP contribution in [0.1, 0.15) is 37.8 Å². The van der Waals surface area contributed by atoms with Crippen LogP contribution in [0.15, 0.2) is 29.8 Å². The van der Waals surface area contributed by atoms with Crippen molar-refractivity contribution < 1.29 is 9.53 Å². The number of nitrogens with zero attached hydrogens (tertiary/aromatic N) is 2. The summed E-state index contributed by atoms with van der Waals surface area (Å²) in [6.07, 6.45) is 4.30. The van der Waals surface area contributed by atoms with Gasteiger partial charge >= 0.3 is 0 Å². The van der Waals surface area contributed by atoms with Gasteiger partial charge in [0.1, 0.15) is 11.6 Å². The molecule has 0 spiro atoms. The van der Waals surface area contributed by atoms with E-state index in [4.69, 9.17) is 4.74 Å². The van der Waals surface area contributed by atoms with Crippen molar-refractivity contribution in [2.24, 2.45) is 0 Å². The van der Waals surface area contributed by atoms with Gasteiger partial charge in [0.2, 0.25) is 0 Å². The van der Waals surface area contributed by atoms with Gasteiger partial charge in [-0.05, 0) is 43.4 Å². The molecule has 0 radical (unpaired) electrons. The lowest BCUT2D eigenvalue weighted by molar-refractivity contribution is -0.130. The maximum Gasteiger partial charge on any atom is 0.264 e. The lowest BCUT2D eigenvalue weighted by Crippen LogP contribution is -2.43. The van der Waals surface area contributed by atoms with Crippen LogP contribution in [-0.2, 0) is 16.0 Å². The predicted octanol–water partition coefficient (Wildman–Crippen LogP) is 3.18. The second-order valence-electron chi connectivity index (χ2n) is 5.70. The fourth-order valence-corrected chi connectivity index (χ4v) is 2.93. The smallest absolute Gasteiger partial charge is 0.264 e. The number of carbonyl (C=O) groups excluding carboxylic acids is 1. The number of rotatable bonds is 5. The molecule has 0 unspecified atom stereocenters. The monoisotopic (exact) mass is 312 g/mol. The van der Waals surface area contributed by atoms with Crippen LogP contribution in [0, 0.1) is 11.3 Å². The van der Waals surface area contributed by atoms with Crippen molar-refractivity contribution in [2.45, 2.75) is 39.2 Å². The molecule has 1 saturated heterocycles. The highest BCUT2D eigenvalue weighted by molar-refractivity contribution is 6.01. The summed E-state index contributed by atoms with van der Waals surface area (Å²) in [7, 11) is 0. The predicted molar refractivity (Wildman–Crippen MR) is 90.6 cm³/mol. The first-order chi connectivity index (χ1) is 11.2. The molecule has 0 bridgehead atoms. The average molecular weight is 312 g/mol. The van der Waals surface area contributed by atoms with Crippen LogP contribution in [0.2, 0.25) is 0 Å². The molecule has 1 amide bonds. The largest absolute Gasteiger partial charge is 0.381 e. The lowest BCUT2D eigenvalue weighted by Gasteiger charge is -2.33. The van der Waals surface area contributed by atoms with Crippen molar-refractivity contribution >= 4 is 12.0 Å². The molecule has 1 aromatic rings. The van der Waals surface area contributed by atoms with Gasteiger partial charge in [-0.25, -0.2) is 0 Å². The van der Waals surface area contributed by atoms with Crippen molar-refractivity contribution in [3.8, 4) is 6.07 Å². The van der Waals surface area contributed by atoms with E-state index in [-0.39, 0.29) is 17.5 Å². The molecule has 1 aliphatic heterocycles. The number of carbonyl (C=O) groups is 1. The molecule has 0 N–H and O–H groups in total. The van der Waals surface area contributed by atoms with E-state index in [1.54, 1.807) is 11.0 Å². The van der Waals surface area contributed by atoms with Crippen LogP contribution >= 0.6 is 0 Å². The summed E-state index contributed by atoms with van der Waals surface area (Å²) in [5.41, 5.74) is 2.30. The normalized spacial score (nSPS) is 16.0. The first kappa shape index (κ1) is 17.2. The third kappa shape index (κ3) is 4.43. The Bertz CT molecular complexity index is 610. The van der Waals surface area contributed by atoms with E-state index in [1.165, 1.54) is 5.56 Å². The Balaban J connectivity index is 2.22. The quantitative estimate of drug-likeness (QED) is 0.620. The minimum absolute atomic E-state index is 0.167. The second kappa shape index (κ2) is 8.50. The van der Waals surface area contributed by atoms with E-state index in [0.717, 1.165) is 24.8 Å². The Morgan fingerprint density at radius 2 is 2.13 bits per heavy atom. The number of nitriles is 1. The summed E-state index contributed by atoms with van der Waals surface area (Å²) in [5, 5.41) is 9.44. The van der Waals surface area contributed by atoms with Gasteiger partial charge < -0.3 is 9.64 Å². The SMILES string of the molecule is CCc1cccc(C=C(C#N)C(=O)N(CC)C2CCOCC2)c1. The molecule has 4 nitrogen and oxygen atoms in total. The molecular formula is C19H24N2O2. The summed E-state index contributed by atoms with van der Waals surface area (Å²) in [5.74, 6) is -0.177. The molecule has 4 heteroatoms. The van der Waals surface area contributed by atoms with Gasteiger partial charge in [-0.15, -0.1) is 0 Å². The van der Waals surface area contributed by atoms with Gasteiger partial charge in [0.25, 0.3) is 5.91 Å². The van der Waals surface area contributed by atoms with Gasteiger partial charge in [0.15, 0.2) is 0 Å². The topological polar surface area (TPSA) is 53.3 Å². The van der Waals surface area contributed by atoms with Crippen LogP contribution in [0.3, 0.4) is 0 Å². The molecule has 0 atom stereocenters. The van der Waals surface area contributed by atoms with E-state index in [2.05, 4.69) is 13.0 Å². The maximum atomic E-state index is 12.8. The first-order valence-electron chi connectivity index (χ1n) is 8.29. The minimum atomic E-state index is -0.177. The highest BCUT2D eigenvalue weighted by atomic mass is 16.5. The first-order valence-corrected chi connectivity index (χ1v) is 8.29. The Kier molecular flexibility index (Phi) is 6.37. The molecule has 1 aliphatic rings. The standard InChI is InChI=1S/C19H24N2O2/c1-3-15-6-5-7-16(12-15)13-17(14-20)19(22)21(4-2)18-8-10-23-11-9-18/h5-7,12-13,18H,3-4,8-11H2,1-2H3. The molecule has 122 valence electrons. The molecular weight excluding hydrogens is 288 g/mol. The van der Waals surface area contributed by atoms with Crippen molar-refractivity contribution in [1.29, 1.82) is 5.26 Å². The summed E-state index contributed by atoms with van der Waals surface area (Å²) in [6.45, 7) is 6.01. The zero-order chi connectivity index (χ0) is 16.7. The molecule has 1 fully saturated rings.